The molecule has 0 aliphatic heterocycles. The van der Waals surface area contributed by atoms with Gasteiger partial charge >= 0.3 is 0 Å². The maximum atomic E-state index is 12.3. The highest BCUT2D eigenvalue weighted by Gasteiger charge is 2.21. The maximum Gasteiger partial charge on any atom is 0.244 e. The van der Waals surface area contributed by atoms with Gasteiger partial charge in [0, 0.05) is 16.3 Å². The van der Waals surface area contributed by atoms with E-state index in [4.69, 9.17) is 17.3 Å². The lowest BCUT2D eigenvalue weighted by Crippen LogP contribution is -2.24. The Morgan fingerprint density at radius 1 is 1.35 bits per heavy atom. The van der Waals surface area contributed by atoms with Crippen LogP contribution in [0.15, 0.2) is 29.2 Å². The van der Waals surface area contributed by atoms with Gasteiger partial charge in [0.25, 0.3) is 0 Å². The number of benzene rings is 1. The summed E-state index contributed by atoms with van der Waals surface area (Å²) in [6.45, 7) is 4.23. The zero-order valence-electron chi connectivity index (χ0n) is 11.1. The molecule has 7 heteroatoms. The third-order valence-corrected chi connectivity index (χ3v) is 6.02. The quantitative estimate of drug-likeness (QED) is 0.846. The smallest absolute Gasteiger partial charge is 0.244 e. The predicted molar refractivity (Wildman–Crippen MR) is 83.7 cm³/mol. The lowest BCUT2D eigenvalue weighted by molar-refractivity contribution is 0.582. The lowest BCUT2D eigenvalue weighted by atomic mass is 10.3. The summed E-state index contributed by atoms with van der Waals surface area (Å²) in [5.74, 6) is 0. The molecule has 0 bridgehead atoms. The van der Waals surface area contributed by atoms with Gasteiger partial charge in [0.15, 0.2) is 0 Å². The molecule has 0 spiro atoms. The highest BCUT2D eigenvalue weighted by atomic mass is 35.5. The number of sulfonamides is 1. The Labute approximate surface area is 127 Å². The largest absolute Gasteiger partial charge is 0.398 e. The summed E-state index contributed by atoms with van der Waals surface area (Å²) in [5.41, 5.74) is 7.00. The summed E-state index contributed by atoms with van der Waals surface area (Å²) in [7, 11) is -3.72. The van der Waals surface area contributed by atoms with E-state index in [9.17, 15) is 8.42 Å². The van der Waals surface area contributed by atoms with E-state index in [0.717, 1.165) is 10.4 Å². The zero-order chi connectivity index (χ0) is 14.9. The Morgan fingerprint density at radius 3 is 2.60 bits per heavy atom. The average molecular weight is 331 g/mol. The van der Waals surface area contributed by atoms with Crippen molar-refractivity contribution in [3.05, 3.63) is 44.6 Å². The topological polar surface area (TPSA) is 72.2 Å². The summed E-state index contributed by atoms with van der Waals surface area (Å²) in [6, 6.07) is 6.60. The summed E-state index contributed by atoms with van der Waals surface area (Å²) < 4.78 is 27.1. The molecular formula is C13H15ClN2O2S2. The Morgan fingerprint density at radius 2 is 2.05 bits per heavy atom. The van der Waals surface area contributed by atoms with Crippen LogP contribution in [0.2, 0.25) is 5.02 Å². The molecule has 1 heterocycles. The minimum Gasteiger partial charge on any atom is -0.398 e. The van der Waals surface area contributed by atoms with Crippen molar-refractivity contribution >= 4 is 38.6 Å². The van der Waals surface area contributed by atoms with Crippen molar-refractivity contribution in [3.63, 3.8) is 0 Å². The molecule has 3 N–H and O–H groups in total. The first-order valence-corrected chi connectivity index (χ1v) is 8.58. The molecule has 1 aromatic carbocycles. The number of hydrogen-bond acceptors (Lipinski definition) is 4. The average Bonchev–Trinajstić information content (AvgIpc) is 2.66. The highest BCUT2D eigenvalue weighted by molar-refractivity contribution is 7.89. The van der Waals surface area contributed by atoms with Gasteiger partial charge in [-0.3, -0.25) is 0 Å². The van der Waals surface area contributed by atoms with Crippen molar-refractivity contribution in [2.45, 2.75) is 25.3 Å². The van der Waals surface area contributed by atoms with Crippen LogP contribution in [0, 0.1) is 13.8 Å². The van der Waals surface area contributed by atoms with Gasteiger partial charge < -0.3 is 5.73 Å². The van der Waals surface area contributed by atoms with Crippen LogP contribution in [0.4, 0.5) is 5.69 Å². The molecule has 0 saturated heterocycles. The van der Waals surface area contributed by atoms with Gasteiger partial charge in [0.05, 0.1) is 10.7 Å². The minimum absolute atomic E-state index is 0.0633. The Hall–Kier alpha value is -1.08. The van der Waals surface area contributed by atoms with Crippen molar-refractivity contribution in [3.8, 4) is 0 Å². The molecule has 0 amide bonds. The van der Waals surface area contributed by atoms with E-state index in [1.54, 1.807) is 17.4 Å². The van der Waals surface area contributed by atoms with E-state index >= 15 is 0 Å². The van der Waals surface area contributed by atoms with Crippen LogP contribution in [0.3, 0.4) is 0 Å². The second kappa shape index (κ2) is 5.73. The van der Waals surface area contributed by atoms with Gasteiger partial charge in [-0.1, -0.05) is 17.7 Å². The van der Waals surface area contributed by atoms with Crippen LogP contribution in [-0.4, -0.2) is 8.42 Å². The van der Waals surface area contributed by atoms with E-state index in [2.05, 4.69) is 4.72 Å². The standard InChI is InChI=1S/C13H15ClN2O2S2/c1-8-6-10(19-9(8)2)7-16-20(17,18)13-11(14)4-3-5-12(13)15/h3-6,16H,7,15H2,1-2H3. The Kier molecular flexibility index (Phi) is 4.39. The number of rotatable bonds is 4. The monoisotopic (exact) mass is 330 g/mol. The molecule has 2 aromatic rings. The van der Waals surface area contributed by atoms with Gasteiger partial charge in [-0.25, -0.2) is 13.1 Å². The number of thiophene rings is 1. The van der Waals surface area contributed by atoms with Crippen molar-refractivity contribution in [2.24, 2.45) is 0 Å². The number of halogens is 1. The number of nitrogens with one attached hydrogen (secondary N) is 1. The van der Waals surface area contributed by atoms with Crippen LogP contribution in [-0.2, 0) is 16.6 Å². The molecule has 0 saturated carbocycles. The SMILES string of the molecule is Cc1cc(CNS(=O)(=O)c2c(N)cccc2Cl)sc1C. The normalized spacial score (nSPS) is 11.8. The summed E-state index contributed by atoms with van der Waals surface area (Å²) in [5, 5.41) is 0.121. The Balaban J connectivity index is 2.24. The number of nitrogens with two attached hydrogens (primary N) is 1. The van der Waals surface area contributed by atoms with Gasteiger partial charge in [-0.15, -0.1) is 11.3 Å². The highest BCUT2D eigenvalue weighted by Crippen LogP contribution is 2.27. The van der Waals surface area contributed by atoms with E-state index in [1.165, 1.54) is 17.0 Å². The minimum atomic E-state index is -3.72. The first-order chi connectivity index (χ1) is 9.31. The van der Waals surface area contributed by atoms with Crippen LogP contribution < -0.4 is 10.5 Å². The van der Waals surface area contributed by atoms with Crippen molar-refractivity contribution in [2.75, 3.05) is 5.73 Å². The molecule has 0 aliphatic rings. The van der Waals surface area contributed by atoms with Gasteiger partial charge in [0.1, 0.15) is 4.90 Å². The fourth-order valence-electron chi connectivity index (χ4n) is 1.78. The van der Waals surface area contributed by atoms with Gasteiger partial charge in [-0.2, -0.15) is 0 Å². The molecule has 0 unspecified atom stereocenters. The van der Waals surface area contributed by atoms with Crippen LogP contribution in [0.5, 0.6) is 0 Å². The molecule has 108 valence electrons. The van der Waals surface area contributed by atoms with Crippen LogP contribution in [0.25, 0.3) is 0 Å². The van der Waals surface area contributed by atoms with E-state index in [-0.39, 0.29) is 22.2 Å². The van der Waals surface area contributed by atoms with Crippen LogP contribution >= 0.6 is 22.9 Å². The molecule has 1 aromatic heterocycles. The van der Waals surface area contributed by atoms with E-state index in [1.807, 2.05) is 19.9 Å². The number of anilines is 1. The van der Waals surface area contributed by atoms with Gasteiger partial charge in [-0.05, 0) is 37.6 Å². The van der Waals surface area contributed by atoms with Crippen LogP contribution in [0.1, 0.15) is 15.3 Å². The van der Waals surface area contributed by atoms with Crippen molar-refractivity contribution in [1.82, 2.24) is 4.72 Å². The molecular weight excluding hydrogens is 316 g/mol. The number of hydrogen-bond donors (Lipinski definition) is 2. The van der Waals surface area contributed by atoms with E-state index in [0.29, 0.717) is 0 Å². The second-order valence-corrected chi connectivity index (χ2v) is 7.89. The Bertz CT molecular complexity index is 699. The van der Waals surface area contributed by atoms with E-state index < -0.39 is 10.0 Å². The molecule has 0 aliphatic carbocycles. The van der Waals surface area contributed by atoms with Crippen molar-refractivity contribution < 1.29 is 8.42 Å². The van der Waals surface area contributed by atoms with Crippen molar-refractivity contribution in [1.29, 1.82) is 0 Å². The number of nitrogen functional groups attached to an aromatic ring is 1. The molecule has 0 atom stereocenters. The van der Waals surface area contributed by atoms with Gasteiger partial charge in [0.2, 0.25) is 10.0 Å². The first kappa shape index (κ1) is 15.3. The molecule has 0 fully saturated rings. The summed E-state index contributed by atoms with van der Waals surface area (Å²) in [4.78, 5) is 2.07. The second-order valence-electron chi connectivity index (χ2n) is 4.43. The third kappa shape index (κ3) is 3.15. The molecule has 4 nitrogen and oxygen atoms in total. The zero-order valence-corrected chi connectivity index (χ0v) is 13.5. The first-order valence-electron chi connectivity index (χ1n) is 5.91. The molecule has 0 radical (unpaired) electrons. The predicted octanol–water partition coefficient (Wildman–Crippen LogP) is 3.08. The maximum absolute atomic E-state index is 12.3. The molecule has 20 heavy (non-hydrogen) atoms. The lowest BCUT2D eigenvalue weighted by Gasteiger charge is -2.09. The molecule has 2 rings (SSSR count). The summed E-state index contributed by atoms with van der Waals surface area (Å²) >= 11 is 7.50. The fourth-order valence-corrected chi connectivity index (χ4v) is 4.55. The third-order valence-electron chi connectivity index (χ3n) is 2.92. The number of aryl methyl sites for hydroxylation is 2. The fraction of sp³-hybridized carbons (Fsp3) is 0.231. The summed E-state index contributed by atoms with van der Waals surface area (Å²) in [6.07, 6.45) is 0.